The zero-order valence-electron chi connectivity index (χ0n) is 15.4. The Morgan fingerprint density at radius 2 is 1.86 bits per heavy atom. The van der Waals surface area contributed by atoms with Crippen LogP contribution in [0.4, 0.5) is 0 Å². The van der Waals surface area contributed by atoms with Gasteiger partial charge in [0.2, 0.25) is 0 Å². The van der Waals surface area contributed by atoms with E-state index in [0.717, 1.165) is 25.9 Å². The molecule has 2 saturated carbocycles. The predicted molar refractivity (Wildman–Crippen MR) is 95.5 cm³/mol. The summed E-state index contributed by atoms with van der Waals surface area (Å²) in [6.45, 7) is 12.6. The van der Waals surface area contributed by atoms with Crippen LogP contribution in [0.25, 0.3) is 0 Å². The summed E-state index contributed by atoms with van der Waals surface area (Å²) < 4.78 is 6.56. The summed E-state index contributed by atoms with van der Waals surface area (Å²) in [5.41, 5.74) is 0.257. The molecule has 2 aliphatic rings. The fourth-order valence-corrected chi connectivity index (χ4v) is 8.11. The Morgan fingerprint density at radius 3 is 2.45 bits per heavy atom. The maximum atomic E-state index is 12.3. The Kier molecular flexibility index (Phi) is 5.93. The van der Waals surface area contributed by atoms with Crippen molar-refractivity contribution in [2.75, 3.05) is 6.61 Å². The average molecular weight is 325 g/mol. The summed E-state index contributed by atoms with van der Waals surface area (Å²) in [6.07, 6.45) is 5.54. The largest absolute Gasteiger partial charge is 0.417 e. The second-order valence-corrected chi connectivity index (χ2v) is 12.9. The van der Waals surface area contributed by atoms with Gasteiger partial charge in [0, 0.05) is 18.9 Å². The highest BCUT2D eigenvalue weighted by molar-refractivity contribution is 6.73. The first kappa shape index (κ1) is 18.2. The first-order valence-corrected chi connectivity index (χ1v) is 12.1. The molecule has 0 N–H and O–H groups in total. The number of ketones is 1. The van der Waals surface area contributed by atoms with E-state index < -0.39 is 8.32 Å². The fraction of sp³-hybridized carbons (Fsp3) is 0.947. The zero-order chi connectivity index (χ0) is 16.4. The van der Waals surface area contributed by atoms with Crippen molar-refractivity contribution in [3.8, 4) is 0 Å². The Labute approximate surface area is 138 Å². The summed E-state index contributed by atoms with van der Waals surface area (Å²) in [7, 11) is -1.48. The molecule has 2 rings (SSSR count). The SMILES string of the molecule is CC[Si](CC)(CC)OCC(C)C1CCC2C(=O)CCCC21C. The molecule has 0 aromatic heterocycles. The van der Waals surface area contributed by atoms with Gasteiger partial charge in [0.15, 0.2) is 8.32 Å². The molecule has 0 bridgehead atoms. The third-order valence-electron chi connectivity index (χ3n) is 7.21. The van der Waals surface area contributed by atoms with Gasteiger partial charge in [0.1, 0.15) is 5.78 Å². The lowest BCUT2D eigenvalue weighted by Crippen LogP contribution is -2.42. The van der Waals surface area contributed by atoms with Gasteiger partial charge in [-0.05, 0) is 61.1 Å². The molecule has 2 nitrogen and oxygen atoms in total. The number of carbonyl (C=O) groups excluding carboxylic acids is 1. The highest BCUT2D eigenvalue weighted by atomic mass is 28.4. The summed E-state index contributed by atoms with van der Waals surface area (Å²) >= 11 is 0. The van der Waals surface area contributed by atoms with Crippen molar-refractivity contribution in [2.45, 2.75) is 84.9 Å². The van der Waals surface area contributed by atoms with Crippen molar-refractivity contribution in [1.29, 1.82) is 0 Å². The highest BCUT2D eigenvalue weighted by Gasteiger charge is 2.52. The Balaban J connectivity index is 2.01. The van der Waals surface area contributed by atoms with Crippen molar-refractivity contribution in [2.24, 2.45) is 23.2 Å². The molecule has 0 aromatic carbocycles. The molecule has 22 heavy (non-hydrogen) atoms. The Bertz CT molecular complexity index is 383. The standard InChI is InChI=1S/C19H36O2Si/c1-6-22(7-2,8-3)21-14-15(4)16-11-12-17-18(20)10-9-13-19(16,17)5/h15-17H,6-14H2,1-5H3. The predicted octanol–water partition coefficient (Wildman–Crippen LogP) is 5.43. The third-order valence-corrected chi connectivity index (χ3v) is 11.9. The van der Waals surface area contributed by atoms with Crippen molar-refractivity contribution in [1.82, 2.24) is 0 Å². The Hall–Kier alpha value is -0.153. The molecular weight excluding hydrogens is 288 g/mol. The van der Waals surface area contributed by atoms with Crippen LogP contribution >= 0.6 is 0 Å². The van der Waals surface area contributed by atoms with Crippen LogP contribution in [0.5, 0.6) is 0 Å². The van der Waals surface area contributed by atoms with E-state index in [4.69, 9.17) is 4.43 Å². The minimum Gasteiger partial charge on any atom is -0.417 e. The topological polar surface area (TPSA) is 26.3 Å². The smallest absolute Gasteiger partial charge is 0.191 e. The van der Waals surface area contributed by atoms with Gasteiger partial charge in [-0.25, -0.2) is 0 Å². The second-order valence-electron chi connectivity index (χ2n) is 8.09. The van der Waals surface area contributed by atoms with Crippen LogP contribution in [-0.4, -0.2) is 20.7 Å². The Morgan fingerprint density at radius 1 is 1.23 bits per heavy atom. The monoisotopic (exact) mass is 324 g/mol. The number of rotatable bonds is 7. The minimum atomic E-state index is -1.48. The number of hydrogen-bond acceptors (Lipinski definition) is 2. The van der Waals surface area contributed by atoms with Gasteiger partial charge < -0.3 is 4.43 Å². The number of carbonyl (C=O) groups is 1. The van der Waals surface area contributed by atoms with E-state index in [0.29, 0.717) is 23.5 Å². The van der Waals surface area contributed by atoms with Gasteiger partial charge in [0.05, 0.1) is 0 Å². The molecule has 4 atom stereocenters. The molecule has 0 radical (unpaired) electrons. The fourth-order valence-electron chi connectivity index (χ4n) is 5.39. The first-order valence-electron chi connectivity index (χ1n) is 9.59. The van der Waals surface area contributed by atoms with Crippen molar-refractivity contribution in [3.05, 3.63) is 0 Å². The summed E-state index contributed by atoms with van der Waals surface area (Å²) in [4.78, 5) is 12.3. The molecule has 0 aromatic rings. The van der Waals surface area contributed by atoms with Crippen LogP contribution in [0.3, 0.4) is 0 Å². The molecule has 0 spiro atoms. The van der Waals surface area contributed by atoms with E-state index in [2.05, 4.69) is 34.6 Å². The van der Waals surface area contributed by atoms with E-state index in [1.807, 2.05) is 0 Å². The molecule has 128 valence electrons. The molecule has 0 saturated heterocycles. The molecule has 2 fully saturated rings. The zero-order valence-corrected chi connectivity index (χ0v) is 16.4. The van der Waals surface area contributed by atoms with E-state index in [9.17, 15) is 4.79 Å². The summed E-state index contributed by atoms with van der Waals surface area (Å²) in [5, 5.41) is 0. The van der Waals surface area contributed by atoms with Crippen LogP contribution in [0.15, 0.2) is 0 Å². The molecular formula is C19H36O2Si. The van der Waals surface area contributed by atoms with E-state index in [1.165, 1.54) is 31.0 Å². The van der Waals surface area contributed by atoms with Gasteiger partial charge in [-0.2, -0.15) is 0 Å². The van der Waals surface area contributed by atoms with E-state index >= 15 is 0 Å². The maximum Gasteiger partial charge on any atom is 0.191 e. The maximum absolute atomic E-state index is 12.3. The average Bonchev–Trinajstić information content (AvgIpc) is 2.87. The van der Waals surface area contributed by atoms with Crippen LogP contribution in [0, 0.1) is 23.2 Å². The summed E-state index contributed by atoms with van der Waals surface area (Å²) in [5.74, 6) is 2.17. The number of hydrogen-bond donors (Lipinski definition) is 0. The van der Waals surface area contributed by atoms with Crippen LogP contribution in [0.1, 0.15) is 66.7 Å². The van der Waals surface area contributed by atoms with Gasteiger partial charge in [-0.3, -0.25) is 4.79 Å². The molecule has 2 aliphatic carbocycles. The lowest BCUT2D eigenvalue weighted by Gasteiger charge is -2.43. The van der Waals surface area contributed by atoms with Gasteiger partial charge in [0.25, 0.3) is 0 Å². The van der Waals surface area contributed by atoms with Gasteiger partial charge in [-0.1, -0.05) is 34.6 Å². The minimum absolute atomic E-state index is 0.257. The van der Waals surface area contributed by atoms with Crippen molar-refractivity contribution in [3.63, 3.8) is 0 Å². The van der Waals surface area contributed by atoms with Crippen molar-refractivity contribution < 1.29 is 9.22 Å². The quantitative estimate of drug-likeness (QED) is 0.584. The van der Waals surface area contributed by atoms with E-state index in [-0.39, 0.29) is 5.41 Å². The lowest BCUT2D eigenvalue weighted by molar-refractivity contribution is -0.130. The van der Waals surface area contributed by atoms with Gasteiger partial charge >= 0.3 is 0 Å². The molecule has 4 unspecified atom stereocenters. The van der Waals surface area contributed by atoms with Gasteiger partial charge in [-0.15, -0.1) is 0 Å². The molecule has 3 heteroatoms. The van der Waals surface area contributed by atoms with Crippen molar-refractivity contribution >= 4 is 14.1 Å². The number of fused-ring (bicyclic) bond motifs is 1. The molecule has 0 amide bonds. The van der Waals surface area contributed by atoms with Crippen LogP contribution in [0.2, 0.25) is 18.1 Å². The first-order chi connectivity index (χ1) is 10.4. The molecule has 0 heterocycles. The van der Waals surface area contributed by atoms with Crippen LogP contribution < -0.4 is 0 Å². The molecule has 0 aliphatic heterocycles. The third kappa shape index (κ3) is 3.21. The second kappa shape index (κ2) is 7.17. The normalized spacial score (nSPS) is 33.8. The number of Topliss-reactive ketones (excluding diaryl/α,β-unsaturated/α-hetero) is 1. The highest BCUT2D eigenvalue weighted by Crippen LogP contribution is 2.56. The van der Waals surface area contributed by atoms with E-state index in [1.54, 1.807) is 0 Å². The van der Waals surface area contributed by atoms with Crippen LogP contribution in [-0.2, 0) is 9.22 Å². The lowest BCUT2D eigenvalue weighted by atomic mass is 9.62. The summed E-state index contributed by atoms with van der Waals surface area (Å²) in [6, 6.07) is 3.70.